The molecule has 5 nitrogen and oxygen atoms in total. The molecule has 0 saturated carbocycles. The maximum atomic E-state index is 12.6. The number of piperidine rings is 1. The molecule has 3 rings (SSSR count). The minimum atomic E-state index is 0.104. The number of nitrogens with one attached hydrogen (secondary N) is 1. The number of nitrogens with zero attached hydrogens (tertiary/aromatic N) is 1. The van der Waals surface area contributed by atoms with E-state index in [0.29, 0.717) is 17.3 Å². The number of Topliss-reactive ketones (excluding diaryl/α,β-unsaturated/α-hetero) is 1. The summed E-state index contributed by atoms with van der Waals surface area (Å²) in [5, 5.41) is 13.9. The van der Waals surface area contributed by atoms with Crippen molar-refractivity contribution in [1.29, 1.82) is 0 Å². The SMILES string of the molecule is COc1ccc(CNCCN2CCC(C(=O)c3ccc(Cl)cc3)CC2)cc1O. The van der Waals surface area contributed by atoms with Gasteiger partial charge in [0.05, 0.1) is 7.11 Å². The Morgan fingerprint density at radius 1 is 1.21 bits per heavy atom. The van der Waals surface area contributed by atoms with Gasteiger partial charge in [-0.25, -0.2) is 0 Å². The summed E-state index contributed by atoms with van der Waals surface area (Å²) < 4.78 is 5.06. The third-order valence-corrected chi connectivity index (χ3v) is 5.52. The second-order valence-electron chi connectivity index (χ2n) is 7.17. The van der Waals surface area contributed by atoms with Gasteiger partial charge in [-0.2, -0.15) is 0 Å². The minimum absolute atomic E-state index is 0.104. The highest BCUT2D eigenvalue weighted by atomic mass is 35.5. The van der Waals surface area contributed by atoms with E-state index in [1.165, 1.54) is 0 Å². The fraction of sp³-hybridized carbons (Fsp3) is 0.409. The third kappa shape index (κ3) is 5.47. The Morgan fingerprint density at radius 2 is 1.93 bits per heavy atom. The van der Waals surface area contributed by atoms with E-state index in [4.69, 9.17) is 16.3 Å². The molecule has 2 aromatic rings. The molecular weight excluding hydrogens is 376 g/mol. The van der Waals surface area contributed by atoms with Crippen LogP contribution >= 0.6 is 11.6 Å². The second-order valence-corrected chi connectivity index (χ2v) is 7.61. The highest BCUT2D eigenvalue weighted by molar-refractivity contribution is 6.30. The summed E-state index contributed by atoms with van der Waals surface area (Å²) in [6.07, 6.45) is 1.79. The van der Waals surface area contributed by atoms with E-state index >= 15 is 0 Å². The van der Waals surface area contributed by atoms with E-state index in [1.54, 1.807) is 31.4 Å². The van der Waals surface area contributed by atoms with Crippen LogP contribution in [0.1, 0.15) is 28.8 Å². The fourth-order valence-electron chi connectivity index (χ4n) is 3.58. The highest BCUT2D eigenvalue weighted by Gasteiger charge is 2.25. The average molecular weight is 403 g/mol. The number of carbonyl (C=O) groups is 1. The number of methoxy groups -OCH3 is 1. The molecule has 0 aliphatic carbocycles. The van der Waals surface area contributed by atoms with Gasteiger partial charge in [0.15, 0.2) is 17.3 Å². The Labute approximate surface area is 171 Å². The van der Waals surface area contributed by atoms with Gasteiger partial charge in [-0.3, -0.25) is 4.79 Å². The van der Waals surface area contributed by atoms with E-state index in [-0.39, 0.29) is 17.5 Å². The number of benzene rings is 2. The minimum Gasteiger partial charge on any atom is -0.504 e. The number of likely N-dealkylation sites (tertiary alicyclic amines) is 1. The molecule has 2 N–H and O–H groups in total. The molecule has 0 spiro atoms. The van der Waals surface area contributed by atoms with Gasteiger partial charge in [0.2, 0.25) is 0 Å². The highest BCUT2D eigenvalue weighted by Crippen LogP contribution is 2.26. The Hall–Kier alpha value is -2.08. The van der Waals surface area contributed by atoms with Crippen molar-refractivity contribution in [3.8, 4) is 11.5 Å². The standard InChI is InChI=1S/C22H27ClN2O3/c1-28-21-7-2-16(14-20(21)26)15-24-10-13-25-11-8-18(9-12-25)22(27)17-3-5-19(23)6-4-17/h2-7,14,18,24,26H,8-13,15H2,1H3. The van der Waals surface area contributed by atoms with Gasteiger partial charge >= 0.3 is 0 Å². The quantitative estimate of drug-likeness (QED) is 0.520. The Kier molecular flexibility index (Phi) is 7.31. The van der Waals surface area contributed by atoms with Gasteiger partial charge in [-0.05, 0) is 67.9 Å². The summed E-state index contributed by atoms with van der Waals surface area (Å²) in [5.74, 6) is 0.982. The molecule has 150 valence electrons. The van der Waals surface area contributed by atoms with Crippen LogP contribution in [-0.4, -0.2) is 49.1 Å². The van der Waals surface area contributed by atoms with Crippen LogP contribution in [0.15, 0.2) is 42.5 Å². The Balaban J connectivity index is 1.37. The van der Waals surface area contributed by atoms with Gasteiger partial charge in [-0.15, -0.1) is 0 Å². The molecule has 1 heterocycles. The summed E-state index contributed by atoms with van der Waals surface area (Å²) in [7, 11) is 1.54. The van der Waals surface area contributed by atoms with Crippen LogP contribution in [0.5, 0.6) is 11.5 Å². The zero-order valence-corrected chi connectivity index (χ0v) is 16.9. The number of hydrogen-bond donors (Lipinski definition) is 2. The predicted octanol–water partition coefficient (Wildman–Crippen LogP) is 3.74. The summed E-state index contributed by atoms with van der Waals surface area (Å²) >= 11 is 5.90. The lowest BCUT2D eigenvalue weighted by molar-refractivity contribution is 0.0841. The topological polar surface area (TPSA) is 61.8 Å². The number of halogens is 1. The smallest absolute Gasteiger partial charge is 0.166 e. The van der Waals surface area contributed by atoms with Crippen molar-refractivity contribution in [2.75, 3.05) is 33.3 Å². The number of carbonyl (C=O) groups excluding carboxylic acids is 1. The first-order valence-corrected chi connectivity index (χ1v) is 10.0. The van der Waals surface area contributed by atoms with Gasteiger partial charge in [0.1, 0.15) is 0 Å². The van der Waals surface area contributed by atoms with Crippen LogP contribution in [0.2, 0.25) is 5.02 Å². The van der Waals surface area contributed by atoms with Crippen molar-refractivity contribution < 1.29 is 14.6 Å². The molecule has 1 aliphatic rings. The van der Waals surface area contributed by atoms with Gasteiger partial charge in [0.25, 0.3) is 0 Å². The van der Waals surface area contributed by atoms with Crippen LogP contribution < -0.4 is 10.1 Å². The monoisotopic (exact) mass is 402 g/mol. The molecule has 2 aromatic carbocycles. The van der Waals surface area contributed by atoms with Crippen molar-refractivity contribution in [3.63, 3.8) is 0 Å². The lowest BCUT2D eigenvalue weighted by Crippen LogP contribution is -2.39. The molecule has 1 saturated heterocycles. The van der Waals surface area contributed by atoms with Crippen LogP contribution in [0.3, 0.4) is 0 Å². The van der Waals surface area contributed by atoms with E-state index in [1.807, 2.05) is 18.2 Å². The number of rotatable bonds is 8. The zero-order valence-electron chi connectivity index (χ0n) is 16.2. The molecule has 1 aliphatic heterocycles. The van der Waals surface area contributed by atoms with Crippen molar-refractivity contribution in [1.82, 2.24) is 10.2 Å². The van der Waals surface area contributed by atoms with Crippen molar-refractivity contribution in [2.24, 2.45) is 5.92 Å². The van der Waals surface area contributed by atoms with Crippen LogP contribution in [0.25, 0.3) is 0 Å². The molecule has 0 aromatic heterocycles. The predicted molar refractivity (Wildman–Crippen MR) is 111 cm³/mol. The molecule has 0 unspecified atom stereocenters. The van der Waals surface area contributed by atoms with E-state index < -0.39 is 0 Å². The third-order valence-electron chi connectivity index (χ3n) is 5.26. The van der Waals surface area contributed by atoms with E-state index in [0.717, 1.165) is 50.1 Å². The van der Waals surface area contributed by atoms with Crippen molar-refractivity contribution in [2.45, 2.75) is 19.4 Å². The van der Waals surface area contributed by atoms with Crippen LogP contribution in [0, 0.1) is 5.92 Å². The van der Waals surface area contributed by atoms with Crippen molar-refractivity contribution >= 4 is 17.4 Å². The summed E-state index contributed by atoms with van der Waals surface area (Å²) in [4.78, 5) is 15.0. The first kappa shape index (κ1) is 20.6. The largest absolute Gasteiger partial charge is 0.504 e. The number of aromatic hydroxyl groups is 1. The molecule has 28 heavy (non-hydrogen) atoms. The zero-order chi connectivity index (χ0) is 19.9. The summed E-state index contributed by atoms with van der Waals surface area (Å²) in [6.45, 7) is 4.39. The first-order valence-electron chi connectivity index (χ1n) is 9.65. The number of phenolic OH excluding ortho intramolecular Hbond substituents is 1. The maximum absolute atomic E-state index is 12.6. The van der Waals surface area contributed by atoms with Crippen LogP contribution in [-0.2, 0) is 6.54 Å². The molecule has 0 radical (unpaired) electrons. The molecule has 6 heteroatoms. The van der Waals surface area contributed by atoms with Gasteiger partial charge < -0.3 is 20.1 Å². The van der Waals surface area contributed by atoms with Gasteiger partial charge in [0, 0.05) is 36.1 Å². The molecule has 0 bridgehead atoms. The lowest BCUT2D eigenvalue weighted by atomic mass is 9.89. The summed E-state index contributed by atoms with van der Waals surface area (Å²) in [6, 6.07) is 12.6. The maximum Gasteiger partial charge on any atom is 0.166 e. The number of hydrogen-bond acceptors (Lipinski definition) is 5. The number of ketones is 1. The molecule has 0 amide bonds. The lowest BCUT2D eigenvalue weighted by Gasteiger charge is -2.31. The molecule has 0 atom stereocenters. The normalized spacial score (nSPS) is 15.5. The molecule has 1 fully saturated rings. The molecular formula is C22H27ClN2O3. The Morgan fingerprint density at radius 3 is 2.57 bits per heavy atom. The van der Waals surface area contributed by atoms with Gasteiger partial charge in [-0.1, -0.05) is 17.7 Å². The van der Waals surface area contributed by atoms with Crippen LogP contribution in [0.4, 0.5) is 0 Å². The number of ether oxygens (including phenoxy) is 1. The van der Waals surface area contributed by atoms with Crippen molar-refractivity contribution in [3.05, 3.63) is 58.6 Å². The number of phenols is 1. The fourth-order valence-corrected chi connectivity index (χ4v) is 3.71. The van der Waals surface area contributed by atoms with E-state index in [2.05, 4.69) is 10.2 Å². The second kappa shape index (κ2) is 9.92. The average Bonchev–Trinajstić information content (AvgIpc) is 2.72. The van der Waals surface area contributed by atoms with E-state index in [9.17, 15) is 9.90 Å². The first-order chi connectivity index (χ1) is 13.6. The summed E-state index contributed by atoms with van der Waals surface area (Å²) in [5.41, 5.74) is 1.78. The Bertz CT molecular complexity index is 787.